The van der Waals surface area contributed by atoms with Gasteiger partial charge in [0.1, 0.15) is 6.10 Å². The number of ether oxygens (including phenoxy) is 1. The van der Waals surface area contributed by atoms with Gasteiger partial charge >= 0.3 is 5.97 Å². The Hall–Kier alpha value is -1.38. The van der Waals surface area contributed by atoms with Crippen LogP contribution < -0.4 is 0 Å². The molecule has 0 spiro atoms. The lowest BCUT2D eigenvalue weighted by molar-refractivity contribution is -0.153. The van der Waals surface area contributed by atoms with Gasteiger partial charge < -0.3 is 4.74 Å². The Bertz CT molecular complexity index is 358. The summed E-state index contributed by atoms with van der Waals surface area (Å²) in [6.45, 7) is 1.92. The standard InChI is InChI=1S/C14H19NO2/c1-11(9-12-5-4-8-15-10-12)14(16)17-13-6-2-3-7-13/h4-5,8,10-11,13H,2-3,6-7,9H2,1H3. The van der Waals surface area contributed by atoms with E-state index in [0.717, 1.165) is 18.4 Å². The molecule has 0 aliphatic heterocycles. The molecule has 1 fully saturated rings. The van der Waals surface area contributed by atoms with Crippen LogP contribution in [0, 0.1) is 5.92 Å². The first kappa shape index (κ1) is 12.1. The lowest BCUT2D eigenvalue weighted by Crippen LogP contribution is -2.22. The highest BCUT2D eigenvalue weighted by Gasteiger charge is 2.22. The van der Waals surface area contributed by atoms with Gasteiger partial charge in [-0.05, 0) is 43.7 Å². The first-order chi connectivity index (χ1) is 8.25. The number of pyridine rings is 1. The van der Waals surface area contributed by atoms with E-state index in [9.17, 15) is 4.79 Å². The van der Waals surface area contributed by atoms with Crippen molar-refractivity contribution in [2.24, 2.45) is 5.92 Å². The summed E-state index contributed by atoms with van der Waals surface area (Å²) in [5, 5.41) is 0. The fourth-order valence-corrected chi connectivity index (χ4v) is 2.24. The molecule has 1 saturated carbocycles. The van der Waals surface area contributed by atoms with Gasteiger partial charge in [0.2, 0.25) is 0 Å². The van der Waals surface area contributed by atoms with Crippen LogP contribution in [0.2, 0.25) is 0 Å². The van der Waals surface area contributed by atoms with Crippen molar-refractivity contribution in [3.05, 3.63) is 30.1 Å². The summed E-state index contributed by atoms with van der Waals surface area (Å²) < 4.78 is 5.49. The van der Waals surface area contributed by atoms with Crippen LogP contribution in [0.3, 0.4) is 0 Å². The van der Waals surface area contributed by atoms with Crippen LogP contribution in [0.5, 0.6) is 0 Å². The van der Waals surface area contributed by atoms with Crippen molar-refractivity contribution in [3.8, 4) is 0 Å². The molecule has 3 heteroatoms. The Kier molecular flexibility index (Phi) is 4.13. The van der Waals surface area contributed by atoms with Gasteiger partial charge in [0.05, 0.1) is 5.92 Å². The van der Waals surface area contributed by atoms with E-state index in [1.807, 2.05) is 19.1 Å². The van der Waals surface area contributed by atoms with Gasteiger partial charge in [-0.2, -0.15) is 0 Å². The van der Waals surface area contributed by atoms with E-state index in [1.54, 1.807) is 12.4 Å². The summed E-state index contributed by atoms with van der Waals surface area (Å²) in [6.07, 6.45) is 8.86. The fraction of sp³-hybridized carbons (Fsp3) is 0.571. The molecule has 1 aliphatic rings. The summed E-state index contributed by atoms with van der Waals surface area (Å²) in [5.74, 6) is -0.152. The summed E-state index contributed by atoms with van der Waals surface area (Å²) in [7, 11) is 0. The number of rotatable bonds is 4. The van der Waals surface area contributed by atoms with Crippen LogP contribution in [-0.2, 0) is 16.0 Å². The number of esters is 1. The Morgan fingerprint density at radius 1 is 1.53 bits per heavy atom. The molecule has 0 saturated heterocycles. The maximum atomic E-state index is 11.9. The average molecular weight is 233 g/mol. The third-order valence-corrected chi connectivity index (χ3v) is 3.25. The zero-order valence-electron chi connectivity index (χ0n) is 10.3. The monoisotopic (exact) mass is 233 g/mol. The lowest BCUT2D eigenvalue weighted by atomic mass is 10.0. The molecule has 1 unspecified atom stereocenters. The predicted molar refractivity (Wildman–Crippen MR) is 65.5 cm³/mol. The van der Waals surface area contributed by atoms with Crippen molar-refractivity contribution in [3.63, 3.8) is 0 Å². The second kappa shape index (κ2) is 5.80. The van der Waals surface area contributed by atoms with E-state index in [1.165, 1.54) is 12.8 Å². The molecule has 1 aromatic heterocycles. The minimum atomic E-state index is -0.0835. The van der Waals surface area contributed by atoms with Gasteiger partial charge in [-0.25, -0.2) is 0 Å². The molecular formula is C14H19NO2. The summed E-state index contributed by atoms with van der Waals surface area (Å²) in [4.78, 5) is 15.9. The van der Waals surface area contributed by atoms with Gasteiger partial charge in [0.25, 0.3) is 0 Å². The zero-order valence-corrected chi connectivity index (χ0v) is 10.3. The first-order valence-corrected chi connectivity index (χ1v) is 6.35. The lowest BCUT2D eigenvalue weighted by Gasteiger charge is -2.15. The number of carbonyl (C=O) groups excluding carboxylic acids is 1. The smallest absolute Gasteiger partial charge is 0.309 e. The van der Waals surface area contributed by atoms with Crippen LogP contribution in [0.1, 0.15) is 38.2 Å². The third kappa shape index (κ3) is 3.55. The molecular weight excluding hydrogens is 214 g/mol. The molecule has 0 aromatic carbocycles. The second-order valence-electron chi connectivity index (χ2n) is 4.81. The fourth-order valence-electron chi connectivity index (χ4n) is 2.24. The highest BCUT2D eigenvalue weighted by molar-refractivity contribution is 5.72. The minimum absolute atomic E-state index is 0.0687. The van der Waals surface area contributed by atoms with Crippen LogP contribution in [0.4, 0.5) is 0 Å². The Morgan fingerprint density at radius 3 is 2.94 bits per heavy atom. The number of hydrogen-bond acceptors (Lipinski definition) is 3. The van der Waals surface area contributed by atoms with Crippen molar-refractivity contribution in [2.45, 2.75) is 45.1 Å². The molecule has 92 valence electrons. The van der Waals surface area contributed by atoms with Gasteiger partial charge in [0, 0.05) is 12.4 Å². The van der Waals surface area contributed by atoms with E-state index in [-0.39, 0.29) is 18.0 Å². The van der Waals surface area contributed by atoms with Crippen molar-refractivity contribution < 1.29 is 9.53 Å². The van der Waals surface area contributed by atoms with Crippen molar-refractivity contribution in [2.75, 3.05) is 0 Å². The van der Waals surface area contributed by atoms with Crippen LogP contribution >= 0.6 is 0 Å². The van der Waals surface area contributed by atoms with Crippen molar-refractivity contribution in [1.82, 2.24) is 4.98 Å². The first-order valence-electron chi connectivity index (χ1n) is 6.35. The molecule has 0 N–H and O–H groups in total. The minimum Gasteiger partial charge on any atom is -0.462 e. The topological polar surface area (TPSA) is 39.2 Å². The third-order valence-electron chi connectivity index (χ3n) is 3.25. The number of nitrogens with zero attached hydrogens (tertiary/aromatic N) is 1. The molecule has 0 radical (unpaired) electrons. The predicted octanol–water partition coefficient (Wildman–Crippen LogP) is 2.75. The van der Waals surface area contributed by atoms with Gasteiger partial charge in [-0.15, -0.1) is 0 Å². The quantitative estimate of drug-likeness (QED) is 0.751. The van der Waals surface area contributed by atoms with E-state index < -0.39 is 0 Å². The molecule has 1 aromatic rings. The normalized spacial score (nSPS) is 17.9. The van der Waals surface area contributed by atoms with E-state index in [4.69, 9.17) is 4.74 Å². The highest BCUT2D eigenvalue weighted by atomic mass is 16.5. The molecule has 2 rings (SSSR count). The Labute approximate surface area is 102 Å². The maximum absolute atomic E-state index is 11.9. The number of carbonyl (C=O) groups is 1. The molecule has 17 heavy (non-hydrogen) atoms. The van der Waals surface area contributed by atoms with Gasteiger partial charge in [0.15, 0.2) is 0 Å². The Morgan fingerprint density at radius 2 is 2.29 bits per heavy atom. The number of hydrogen-bond donors (Lipinski definition) is 0. The van der Waals surface area contributed by atoms with Crippen molar-refractivity contribution >= 4 is 5.97 Å². The molecule has 1 atom stereocenters. The molecule has 3 nitrogen and oxygen atoms in total. The zero-order chi connectivity index (χ0) is 12.1. The summed E-state index contributed by atoms with van der Waals surface area (Å²) in [5.41, 5.74) is 1.09. The van der Waals surface area contributed by atoms with E-state index >= 15 is 0 Å². The number of aromatic nitrogens is 1. The SMILES string of the molecule is CC(Cc1cccnc1)C(=O)OC1CCCC1. The molecule has 0 amide bonds. The largest absolute Gasteiger partial charge is 0.462 e. The van der Waals surface area contributed by atoms with E-state index in [2.05, 4.69) is 4.98 Å². The van der Waals surface area contributed by atoms with Crippen LogP contribution in [-0.4, -0.2) is 17.1 Å². The van der Waals surface area contributed by atoms with Gasteiger partial charge in [-0.3, -0.25) is 9.78 Å². The average Bonchev–Trinajstić information content (AvgIpc) is 2.83. The summed E-state index contributed by atoms with van der Waals surface area (Å²) in [6, 6.07) is 3.89. The highest BCUT2D eigenvalue weighted by Crippen LogP contribution is 2.22. The Balaban J connectivity index is 1.82. The maximum Gasteiger partial charge on any atom is 0.309 e. The van der Waals surface area contributed by atoms with E-state index in [0.29, 0.717) is 6.42 Å². The van der Waals surface area contributed by atoms with Gasteiger partial charge in [-0.1, -0.05) is 13.0 Å². The summed E-state index contributed by atoms with van der Waals surface area (Å²) >= 11 is 0. The van der Waals surface area contributed by atoms with Crippen molar-refractivity contribution in [1.29, 1.82) is 0 Å². The van der Waals surface area contributed by atoms with Crippen LogP contribution in [0.25, 0.3) is 0 Å². The second-order valence-corrected chi connectivity index (χ2v) is 4.81. The molecule has 1 aliphatic carbocycles. The van der Waals surface area contributed by atoms with Crippen LogP contribution in [0.15, 0.2) is 24.5 Å². The molecule has 1 heterocycles. The molecule has 0 bridgehead atoms.